The van der Waals surface area contributed by atoms with E-state index in [1.54, 1.807) is 0 Å². The van der Waals surface area contributed by atoms with Crippen molar-refractivity contribution in [3.05, 3.63) is 0 Å². The summed E-state index contributed by atoms with van der Waals surface area (Å²) in [5, 5.41) is 3.28. The minimum absolute atomic E-state index is 0.130. The number of carbonyl (C=O) groups excluding carboxylic acids is 1. The first-order valence-electron chi connectivity index (χ1n) is 5.72. The monoisotopic (exact) mass is 230 g/mol. The smallest absolute Gasteiger partial charge is 0.235 e. The molecule has 1 unspecified atom stereocenters. The lowest BCUT2D eigenvalue weighted by Gasteiger charge is -2.14. The third-order valence-electron chi connectivity index (χ3n) is 2.48. The van der Waals surface area contributed by atoms with Crippen molar-refractivity contribution in [1.82, 2.24) is 5.32 Å². The van der Waals surface area contributed by atoms with Crippen LogP contribution < -0.4 is 11.1 Å². The summed E-state index contributed by atoms with van der Waals surface area (Å²) in [5.41, 5.74) is 5.34. The quantitative estimate of drug-likeness (QED) is 0.619. The SMILES string of the molecule is CC(C)CCSCC(NC1CC1)C(N)=O. The van der Waals surface area contributed by atoms with E-state index in [1.807, 2.05) is 11.8 Å². The molecule has 0 aromatic carbocycles. The maximum atomic E-state index is 11.1. The molecule has 3 N–H and O–H groups in total. The van der Waals surface area contributed by atoms with E-state index in [9.17, 15) is 4.79 Å². The highest BCUT2D eigenvalue weighted by Gasteiger charge is 2.26. The summed E-state index contributed by atoms with van der Waals surface area (Å²) in [6.45, 7) is 4.43. The van der Waals surface area contributed by atoms with Crippen LogP contribution in [-0.4, -0.2) is 29.5 Å². The summed E-state index contributed by atoms with van der Waals surface area (Å²) in [6, 6.07) is 0.419. The van der Waals surface area contributed by atoms with Crippen molar-refractivity contribution >= 4 is 17.7 Å². The van der Waals surface area contributed by atoms with Crippen LogP contribution in [0, 0.1) is 5.92 Å². The number of primary amides is 1. The molecule has 1 aliphatic carbocycles. The molecule has 1 aliphatic rings. The highest BCUT2D eigenvalue weighted by atomic mass is 32.2. The van der Waals surface area contributed by atoms with Gasteiger partial charge in [0.05, 0.1) is 6.04 Å². The van der Waals surface area contributed by atoms with Crippen LogP contribution in [0.4, 0.5) is 0 Å². The second-order valence-corrected chi connectivity index (χ2v) is 5.80. The van der Waals surface area contributed by atoms with Crippen molar-refractivity contribution in [2.75, 3.05) is 11.5 Å². The molecular weight excluding hydrogens is 208 g/mol. The molecule has 1 atom stereocenters. The number of nitrogens with two attached hydrogens (primary N) is 1. The van der Waals surface area contributed by atoms with Crippen molar-refractivity contribution in [1.29, 1.82) is 0 Å². The average Bonchev–Trinajstić information content (AvgIpc) is 2.93. The number of amides is 1. The normalized spacial score (nSPS) is 18.1. The van der Waals surface area contributed by atoms with Crippen LogP contribution >= 0.6 is 11.8 Å². The summed E-state index contributed by atoms with van der Waals surface area (Å²) in [5.74, 6) is 2.46. The van der Waals surface area contributed by atoms with Gasteiger partial charge >= 0.3 is 0 Å². The largest absolute Gasteiger partial charge is 0.368 e. The van der Waals surface area contributed by atoms with Gasteiger partial charge in [0.2, 0.25) is 5.91 Å². The van der Waals surface area contributed by atoms with Crippen LogP contribution in [0.25, 0.3) is 0 Å². The zero-order valence-electron chi connectivity index (χ0n) is 9.66. The Morgan fingerprint density at radius 1 is 1.53 bits per heavy atom. The molecule has 15 heavy (non-hydrogen) atoms. The highest BCUT2D eigenvalue weighted by molar-refractivity contribution is 7.99. The summed E-state index contributed by atoms with van der Waals surface area (Å²) < 4.78 is 0. The maximum absolute atomic E-state index is 11.1. The van der Waals surface area contributed by atoms with E-state index in [2.05, 4.69) is 19.2 Å². The van der Waals surface area contributed by atoms with Crippen LogP contribution in [0.15, 0.2) is 0 Å². The molecule has 0 aliphatic heterocycles. The number of hydrogen-bond donors (Lipinski definition) is 2. The van der Waals surface area contributed by atoms with Gasteiger partial charge in [0.15, 0.2) is 0 Å². The Kier molecular flexibility index (Phi) is 5.47. The molecule has 0 radical (unpaired) electrons. The van der Waals surface area contributed by atoms with E-state index in [-0.39, 0.29) is 11.9 Å². The Morgan fingerprint density at radius 2 is 2.20 bits per heavy atom. The molecule has 0 spiro atoms. The average molecular weight is 230 g/mol. The molecule has 3 nitrogen and oxygen atoms in total. The minimum atomic E-state index is -0.209. The van der Waals surface area contributed by atoms with Gasteiger partial charge in [-0.25, -0.2) is 0 Å². The first kappa shape index (κ1) is 12.8. The number of hydrogen-bond acceptors (Lipinski definition) is 3. The van der Waals surface area contributed by atoms with Gasteiger partial charge in [-0.15, -0.1) is 0 Å². The second-order valence-electron chi connectivity index (χ2n) is 4.65. The Morgan fingerprint density at radius 3 is 2.67 bits per heavy atom. The number of thioether (sulfide) groups is 1. The van der Waals surface area contributed by atoms with Gasteiger partial charge in [0, 0.05) is 11.8 Å². The van der Waals surface area contributed by atoms with E-state index in [4.69, 9.17) is 5.73 Å². The van der Waals surface area contributed by atoms with E-state index in [0.717, 1.165) is 17.4 Å². The minimum Gasteiger partial charge on any atom is -0.368 e. The molecule has 0 aromatic rings. The second kappa shape index (κ2) is 6.38. The lowest BCUT2D eigenvalue weighted by Crippen LogP contribution is -2.44. The fourth-order valence-corrected chi connectivity index (χ4v) is 2.57. The van der Waals surface area contributed by atoms with Crippen LogP contribution in [0.1, 0.15) is 33.1 Å². The zero-order chi connectivity index (χ0) is 11.3. The Labute approximate surface area is 96.6 Å². The van der Waals surface area contributed by atoms with Crippen molar-refractivity contribution in [3.8, 4) is 0 Å². The molecular formula is C11H22N2OS. The summed E-state index contributed by atoms with van der Waals surface area (Å²) in [7, 11) is 0. The fourth-order valence-electron chi connectivity index (χ4n) is 1.27. The van der Waals surface area contributed by atoms with E-state index >= 15 is 0 Å². The van der Waals surface area contributed by atoms with Gasteiger partial charge < -0.3 is 11.1 Å². The molecule has 0 heterocycles. The third-order valence-corrected chi connectivity index (χ3v) is 3.58. The zero-order valence-corrected chi connectivity index (χ0v) is 10.5. The number of rotatable bonds is 8. The number of carbonyl (C=O) groups is 1. The van der Waals surface area contributed by atoms with Gasteiger partial charge in [-0.2, -0.15) is 11.8 Å². The molecule has 1 amide bonds. The van der Waals surface area contributed by atoms with Gasteiger partial charge in [0.25, 0.3) is 0 Å². The molecule has 4 heteroatoms. The van der Waals surface area contributed by atoms with Crippen molar-refractivity contribution in [2.45, 2.75) is 45.2 Å². The van der Waals surface area contributed by atoms with Crippen LogP contribution in [0.5, 0.6) is 0 Å². The van der Waals surface area contributed by atoms with E-state index in [1.165, 1.54) is 19.3 Å². The molecule has 1 saturated carbocycles. The molecule has 88 valence electrons. The summed E-state index contributed by atoms with van der Waals surface area (Å²) in [6.07, 6.45) is 3.60. The van der Waals surface area contributed by atoms with E-state index < -0.39 is 0 Å². The first-order valence-corrected chi connectivity index (χ1v) is 6.88. The predicted octanol–water partition coefficient (Wildman–Crippen LogP) is 1.37. The van der Waals surface area contributed by atoms with Gasteiger partial charge in [-0.1, -0.05) is 13.8 Å². The lowest BCUT2D eigenvalue weighted by atomic mass is 10.2. The van der Waals surface area contributed by atoms with Crippen LogP contribution in [0.2, 0.25) is 0 Å². The number of nitrogens with one attached hydrogen (secondary N) is 1. The van der Waals surface area contributed by atoms with Gasteiger partial charge in [-0.05, 0) is 30.9 Å². The van der Waals surface area contributed by atoms with Crippen molar-refractivity contribution in [3.63, 3.8) is 0 Å². The summed E-state index contributed by atoms with van der Waals surface area (Å²) in [4.78, 5) is 11.1. The maximum Gasteiger partial charge on any atom is 0.235 e. The fraction of sp³-hybridized carbons (Fsp3) is 0.909. The van der Waals surface area contributed by atoms with Gasteiger partial charge in [-0.3, -0.25) is 4.79 Å². The Hall–Kier alpha value is -0.220. The highest BCUT2D eigenvalue weighted by Crippen LogP contribution is 2.20. The molecule has 0 bridgehead atoms. The van der Waals surface area contributed by atoms with Gasteiger partial charge in [0.1, 0.15) is 0 Å². The van der Waals surface area contributed by atoms with Crippen molar-refractivity contribution < 1.29 is 4.79 Å². The third kappa shape index (κ3) is 6.05. The topological polar surface area (TPSA) is 55.1 Å². The Balaban J connectivity index is 2.10. The molecule has 1 fully saturated rings. The van der Waals surface area contributed by atoms with Crippen LogP contribution in [0.3, 0.4) is 0 Å². The Bertz CT molecular complexity index is 205. The summed E-state index contributed by atoms with van der Waals surface area (Å²) >= 11 is 1.82. The van der Waals surface area contributed by atoms with Crippen LogP contribution in [-0.2, 0) is 4.79 Å². The molecule has 0 aromatic heterocycles. The standard InChI is InChI=1S/C11H22N2OS/c1-8(2)5-6-15-7-10(11(12)14)13-9-3-4-9/h8-10,13H,3-7H2,1-2H3,(H2,12,14). The van der Waals surface area contributed by atoms with E-state index in [0.29, 0.717) is 6.04 Å². The molecule has 1 rings (SSSR count). The molecule has 0 saturated heterocycles. The lowest BCUT2D eigenvalue weighted by molar-refractivity contribution is -0.119. The predicted molar refractivity (Wildman–Crippen MR) is 65.9 cm³/mol. The van der Waals surface area contributed by atoms with Crippen molar-refractivity contribution in [2.24, 2.45) is 11.7 Å². The first-order chi connectivity index (χ1) is 7.09.